The second-order valence-electron chi connectivity index (χ2n) is 6.32. The Morgan fingerprint density at radius 1 is 1.06 bits per heavy atom. The first-order valence-corrected chi connectivity index (χ1v) is 6.84. The molecule has 0 aromatic rings. The largest absolute Gasteiger partial charge is 0.339 e. The van der Waals surface area contributed by atoms with Crippen molar-refractivity contribution in [1.82, 2.24) is 10.2 Å². The highest BCUT2D eigenvalue weighted by atomic mass is 16.2. The van der Waals surface area contributed by atoms with Gasteiger partial charge in [0.15, 0.2) is 0 Å². The highest BCUT2D eigenvalue weighted by Crippen LogP contribution is 2.49. The van der Waals surface area contributed by atoms with Crippen molar-refractivity contribution in [1.29, 1.82) is 0 Å². The van der Waals surface area contributed by atoms with Crippen LogP contribution in [0.25, 0.3) is 0 Å². The van der Waals surface area contributed by atoms with Crippen LogP contribution in [0.3, 0.4) is 0 Å². The Kier molecular flexibility index (Phi) is 1.90. The van der Waals surface area contributed by atoms with Gasteiger partial charge in [0.05, 0.1) is 0 Å². The topological polar surface area (TPSA) is 32.3 Å². The monoisotopic (exact) mass is 220 g/mol. The number of carbonyl (C=O) groups is 1. The second kappa shape index (κ2) is 3.22. The first kappa shape index (κ1) is 9.46. The van der Waals surface area contributed by atoms with E-state index in [9.17, 15) is 4.79 Å². The van der Waals surface area contributed by atoms with E-state index < -0.39 is 0 Å². The summed E-state index contributed by atoms with van der Waals surface area (Å²) in [6, 6.07) is 1.22. The van der Waals surface area contributed by atoms with E-state index in [-0.39, 0.29) is 0 Å². The highest BCUT2D eigenvalue weighted by Gasteiger charge is 2.47. The lowest BCUT2D eigenvalue weighted by Crippen LogP contribution is -2.68. The number of hydrogen-bond donors (Lipinski definition) is 1. The smallest absolute Gasteiger partial charge is 0.226 e. The van der Waals surface area contributed by atoms with Gasteiger partial charge in [0.2, 0.25) is 5.91 Å². The van der Waals surface area contributed by atoms with Crippen LogP contribution in [-0.4, -0.2) is 36.0 Å². The molecular weight excluding hydrogens is 200 g/mol. The summed E-state index contributed by atoms with van der Waals surface area (Å²) in [4.78, 5) is 14.6. The van der Waals surface area contributed by atoms with Crippen molar-refractivity contribution in [3.05, 3.63) is 0 Å². The first-order valence-electron chi connectivity index (χ1n) is 6.84. The van der Waals surface area contributed by atoms with Gasteiger partial charge >= 0.3 is 0 Å². The third kappa shape index (κ3) is 1.27. The molecule has 0 aromatic heterocycles. The molecule has 5 aliphatic rings. The van der Waals surface area contributed by atoms with Gasteiger partial charge in [-0.1, -0.05) is 6.42 Å². The predicted molar refractivity (Wildman–Crippen MR) is 60.8 cm³/mol. The maximum atomic E-state index is 12.5. The SMILES string of the molecule is O=C(C1CC2CCC1C2)N1CC2CC(C1)N2. The Bertz CT molecular complexity index is 314. The summed E-state index contributed by atoms with van der Waals surface area (Å²) in [6.45, 7) is 1.95. The average Bonchev–Trinajstić information content (AvgIpc) is 2.89. The predicted octanol–water partition coefficient (Wildman–Crippen LogP) is 0.995. The summed E-state index contributed by atoms with van der Waals surface area (Å²) in [5, 5.41) is 3.49. The normalized spacial score (nSPS) is 49.2. The highest BCUT2D eigenvalue weighted by molar-refractivity contribution is 5.80. The molecule has 0 radical (unpaired) electrons. The number of fused-ring (bicyclic) bond motifs is 4. The van der Waals surface area contributed by atoms with Crippen molar-refractivity contribution in [2.24, 2.45) is 17.8 Å². The van der Waals surface area contributed by atoms with Gasteiger partial charge in [-0.3, -0.25) is 4.79 Å². The van der Waals surface area contributed by atoms with Gasteiger partial charge < -0.3 is 10.2 Å². The zero-order valence-electron chi connectivity index (χ0n) is 9.69. The van der Waals surface area contributed by atoms with E-state index in [1.807, 2.05) is 0 Å². The maximum absolute atomic E-state index is 12.5. The summed E-state index contributed by atoms with van der Waals surface area (Å²) >= 11 is 0. The lowest BCUT2D eigenvalue weighted by molar-refractivity contribution is -0.141. The molecule has 16 heavy (non-hydrogen) atoms. The van der Waals surface area contributed by atoms with E-state index in [1.54, 1.807) is 0 Å². The molecular formula is C13H20N2O. The van der Waals surface area contributed by atoms with Crippen molar-refractivity contribution in [2.45, 2.75) is 44.2 Å². The van der Waals surface area contributed by atoms with Crippen LogP contribution in [0.5, 0.6) is 0 Å². The van der Waals surface area contributed by atoms with Crippen LogP contribution in [0.2, 0.25) is 0 Å². The third-order valence-electron chi connectivity index (χ3n) is 5.29. The molecule has 1 amide bonds. The Labute approximate surface area is 96.6 Å². The summed E-state index contributed by atoms with van der Waals surface area (Å²) < 4.78 is 0. The number of rotatable bonds is 1. The van der Waals surface area contributed by atoms with E-state index in [0.717, 1.165) is 24.9 Å². The minimum Gasteiger partial charge on any atom is -0.339 e. The molecule has 3 heterocycles. The van der Waals surface area contributed by atoms with E-state index in [1.165, 1.54) is 32.1 Å². The summed E-state index contributed by atoms with van der Waals surface area (Å²) in [6.07, 6.45) is 6.54. The van der Waals surface area contributed by atoms with Crippen molar-refractivity contribution in [3.8, 4) is 0 Å². The quantitative estimate of drug-likeness (QED) is 0.715. The summed E-state index contributed by atoms with van der Waals surface area (Å²) in [7, 11) is 0. The van der Waals surface area contributed by atoms with Crippen LogP contribution >= 0.6 is 0 Å². The minimum absolute atomic E-state index is 0.399. The molecule has 3 nitrogen and oxygen atoms in total. The van der Waals surface area contributed by atoms with E-state index in [2.05, 4.69) is 10.2 Å². The van der Waals surface area contributed by atoms with Gasteiger partial charge in [0.25, 0.3) is 0 Å². The fourth-order valence-electron chi connectivity index (χ4n) is 4.48. The lowest BCUT2D eigenvalue weighted by atomic mass is 9.85. The molecule has 0 spiro atoms. The van der Waals surface area contributed by atoms with Crippen LogP contribution in [0.1, 0.15) is 32.1 Å². The number of nitrogens with zero attached hydrogens (tertiary/aromatic N) is 1. The first-order chi connectivity index (χ1) is 7.79. The maximum Gasteiger partial charge on any atom is 0.226 e. The van der Waals surface area contributed by atoms with Crippen LogP contribution in [0, 0.1) is 17.8 Å². The number of nitrogens with one attached hydrogen (secondary N) is 1. The molecule has 88 valence electrons. The Morgan fingerprint density at radius 2 is 1.81 bits per heavy atom. The third-order valence-corrected chi connectivity index (χ3v) is 5.29. The molecule has 3 saturated heterocycles. The van der Waals surface area contributed by atoms with E-state index in [0.29, 0.717) is 23.9 Å². The molecule has 5 rings (SSSR count). The zero-order valence-corrected chi connectivity index (χ0v) is 9.69. The van der Waals surface area contributed by atoms with Crippen LogP contribution < -0.4 is 5.32 Å². The second-order valence-corrected chi connectivity index (χ2v) is 6.32. The van der Waals surface area contributed by atoms with Crippen LogP contribution in [0.4, 0.5) is 0 Å². The summed E-state index contributed by atoms with van der Waals surface area (Å²) in [5.74, 6) is 2.51. The van der Waals surface area contributed by atoms with Gasteiger partial charge in [-0.25, -0.2) is 0 Å². The average molecular weight is 220 g/mol. The molecule has 3 heteroatoms. The van der Waals surface area contributed by atoms with Crippen molar-refractivity contribution in [3.63, 3.8) is 0 Å². The molecule has 2 saturated carbocycles. The van der Waals surface area contributed by atoms with Gasteiger partial charge in [-0.15, -0.1) is 0 Å². The number of piperazine rings is 1. The van der Waals surface area contributed by atoms with Gasteiger partial charge in [0, 0.05) is 31.1 Å². The molecule has 4 bridgehead atoms. The molecule has 1 N–H and O–H groups in total. The molecule has 5 atom stereocenters. The standard InChI is InChI=1S/C13H20N2O/c16-13(12-4-8-1-2-9(12)3-8)15-6-10-5-11(7-15)14-10/h8-12,14H,1-7H2. The van der Waals surface area contributed by atoms with Crippen molar-refractivity contribution in [2.75, 3.05) is 13.1 Å². The van der Waals surface area contributed by atoms with Crippen molar-refractivity contribution >= 4 is 5.91 Å². The molecule has 2 aliphatic carbocycles. The Balaban J connectivity index is 1.45. The molecule has 0 aromatic carbocycles. The van der Waals surface area contributed by atoms with Crippen molar-refractivity contribution < 1.29 is 4.79 Å². The number of hydrogen-bond acceptors (Lipinski definition) is 2. The fourth-order valence-corrected chi connectivity index (χ4v) is 4.48. The zero-order chi connectivity index (χ0) is 10.7. The van der Waals surface area contributed by atoms with Gasteiger partial charge in [-0.2, -0.15) is 0 Å². The minimum atomic E-state index is 0.399. The van der Waals surface area contributed by atoms with Gasteiger partial charge in [-0.05, 0) is 37.5 Å². The number of piperidine rings is 1. The van der Waals surface area contributed by atoms with Gasteiger partial charge in [0.1, 0.15) is 0 Å². The number of amides is 1. The molecule has 5 fully saturated rings. The summed E-state index contributed by atoms with van der Waals surface area (Å²) in [5.41, 5.74) is 0. The Morgan fingerprint density at radius 3 is 2.38 bits per heavy atom. The molecule has 5 unspecified atom stereocenters. The Hall–Kier alpha value is -0.570. The van der Waals surface area contributed by atoms with E-state index >= 15 is 0 Å². The van der Waals surface area contributed by atoms with E-state index in [4.69, 9.17) is 0 Å². The van der Waals surface area contributed by atoms with Crippen LogP contribution in [-0.2, 0) is 4.79 Å². The van der Waals surface area contributed by atoms with Crippen LogP contribution in [0.15, 0.2) is 0 Å². The number of carbonyl (C=O) groups excluding carboxylic acids is 1. The fraction of sp³-hybridized carbons (Fsp3) is 0.923. The lowest BCUT2D eigenvalue weighted by Gasteiger charge is -2.49. The molecule has 3 aliphatic heterocycles.